The van der Waals surface area contributed by atoms with Gasteiger partial charge in [-0.05, 0) is 44.2 Å². The van der Waals surface area contributed by atoms with Crippen LogP contribution in [0.2, 0.25) is 5.02 Å². The van der Waals surface area contributed by atoms with Gasteiger partial charge in [-0.3, -0.25) is 4.72 Å². The summed E-state index contributed by atoms with van der Waals surface area (Å²) in [6.07, 6.45) is 1.44. The zero-order valence-corrected chi connectivity index (χ0v) is 14.6. The number of benzene rings is 1. The Bertz CT molecular complexity index is 777. The molecule has 124 valence electrons. The Morgan fingerprint density at radius 3 is 2.52 bits per heavy atom. The van der Waals surface area contributed by atoms with Crippen LogP contribution in [0.4, 0.5) is 11.5 Å². The van der Waals surface area contributed by atoms with Gasteiger partial charge in [0.15, 0.2) is 0 Å². The minimum Gasteiger partial charge on any atom is -0.495 e. The number of methoxy groups -OCH3 is 1. The summed E-state index contributed by atoms with van der Waals surface area (Å²) < 4.78 is 32.6. The van der Waals surface area contributed by atoms with Gasteiger partial charge in [0.05, 0.1) is 19.0 Å². The van der Waals surface area contributed by atoms with E-state index in [0.717, 1.165) is 0 Å². The quantitative estimate of drug-likeness (QED) is 0.830. The van der Waals surface area contributed by atoms with Gasteiger partial charge in [-0.15, -0.1) is 0 Å². The first kappa shape index (κ1) is 17.4. The van der Waals surface area contributed by atoms with Gasteiger partial charge in [-0.1, -0.05) is 11.6 Å². The van der Waals surface area contributed by atoms with E-state index in [2.05, 4.69) is 15.0 Å². The third-order valence-electron chi connectivity index (χ3n) is 2.87. The Morgan fingerprint density at radius 1 is 1.22 bits per heavy atom. The molecule has 0 saturated carbocycles. The van der Waals surface area contributed by atoms with Crippen molar-refractivity contribution in [3.05, 3.63) is 41.6 Å². The highest BCUT2D eigenvalue weighted by Gasteiger charge is 2.20. The minimum atomic E-state index is -3.83. The van der Waals surface area contributed by atoms with Gasteiger partial charge < -0.3 is 10.1 Å². The molecule has 0 spiro atoms. The normalized spacial score (nSPS) is 11.3. The minimum absolute atomic E-state index is 0.0307. The molecule has 0 amide bonds. The van der Waals surface area contributed by atoms with Crippen molar-refractivity contribution in [1.82, 2.24) is 4.98 Å². The largest absolute Gasteiger partial charge is 0.495 e. The number of hydrogen-bond acceptors (Lipinski definition) is 5. The summed E-state index contributed by atoms with van der Waals surface area (Å²) in [6.45, 7) is 3.98. The highest BCUT2D eigenvalue weighted by molar-refractivity contribution is 7.92. The standard InChI is InChI=1S/C15H18ClN3O3S/c1-10(2)18-15-7-5-12(9-17-15)19-23(20,21)14-8-11(16)4-6-13(14)22-3/h4-10,19H,1-3H3,(H,17,18). The van der Waals surface area contributed by atoms with Crippen LogP contribution in [0, 0.1) is 0 Å². The molecule has 6 nitrogen and oxygen atoms in total. The molecule has 0 bridgehead atoms. The van der Waals surface area contributed by atoms with E-state index in [1.54, 1.807) is 18.2 Å². The van der Waals surface area contributed by atoms with Crippen LogP contribution in [0.25, 0.3) is 0 Å². The van der Waals surface area contributed by atoms with Gasteiger partial charge in [-0.25, -0.2) is 13.4 Å². The fraction of sp³-hybridized carbons (Fsp3) is 0.267. The maximum Gasteiger partial charge on any atom is 0.265 e. The van der Waals surface area contributed by atoms with Crippen molar-refractivity contribution in [2.24, 2.45) is 0 Å². The van der Waals surface area contributed by atoms with Gasteiger partial charge >= 0.3 is 0 Å². The first-order valence-electron chi connectivity index (χ1n) is 6.91. The summed E-state index contributed by atoms with van der Waals surface area (Å²) in [5, 5.41) is 3.43. The molecule has 0 aliphatic rings. The molecule has 0 fully saturated rings. The molecule has 2 aromatic rings. The Balaban J connectivity index is 2.26. The lowest BCUT2D eigenvalue weighted by molar-refractivity contribution is 0.403. The maximum atomic E-state index is 12.5. The molecular weight excluding hydrogens is 338 g/mol. The average Bonchev–Trinajstić information content (AvgIpc) is 2.48. The molecule has 2 rings (SSSR count). The summed E-state index contributed by atoms with van der Waals surface area (Å²) in [6, 6.07) is 7.98. The maximum absolute atomic E-state index is 12.5. The van der Waals surface area contributed by atoms with Crippen LogP contribution >= 0.6 is 11.6 Å². The third kappa shape index (κ3) is 4.49. The van der Waals surface area contributed by atoms with E-state index in [1.165, 1.54) is 25.4 Å². The molecule has 1 aromatic heterocycles. The van der Waals surface area contributed by atoms with Crippen LogP contribution in [0.3, 0.4) is 0 Å². The van der Waals surface area contributed by atoms with Crippen LogP contribution in [-0.2, 0) is 10.0 Å². The molecule has 0 unspecified atom stereocenters. The van der Waals surface area contributed by atoms with E-state index < -0.39 is 10.0 Å². The Hall–Kier alpha value is -1.99. The monoisotopic (exact) mass is 355 g/mol. The lowest BCUT2D eigenvalue weighted by Gasteiger charge is -2.13. The zero-order valence-electron chi connectivity index (χ0n) is 13.0. The Morgan fingerprint density at radius 2 is 1.96 bits per heavy atom. The van der Waals surface area contributed by atoms with E-state index in [1.807, 2.05) is 13.8 Å². The Labute approximate surface area is 140 Å². The van der Waals surface area contributed by atoms with Gasteiger partial charge in [0.25, 0.3) is 10.0 Å². The number of nitrogens with one attached hydrogen (secondary N) is 2. The van der Waals surface area contributed by atoms with Crippen molar-refractivity contribution >= 4 is 33.1 Å². The third-order valence-corrected chi connectivity index (χ3v) is 4.51. The number of pyridine rings is 1. The first-order valence-corrected chi connectivity index (χ1v) is 8.77. The predicted molar refractivity (Wildman–Crippen MR) is 91.8 cm³/mol. The second kappa shape index (κ2) is 7.06. The number of sulfonamides is 1. The van der Waals surface area contributed by atoms with Crippen molar-refractivity contribution in [2.45, 2.75) is 24.8 Å². The summed E-state index contributed by atoms with van der Waals surface area (Å²) in [4.78, 5) is 4.13. The molecule has 1 aromatic carbocycles. The van der Waals surface area contributed by atoms with E-state index >= 15 is 0 Å². The lowest BCUT2D eigenvalue weighted by atomic mass is 10.3. The highest BCUT2D eigenvalue weighted by Crippen LogP contribution is 2.28. The first-order chi connectivity index (χ1) is 10.8. The molecule has 0 radical (unpaired) electrons. The molecule has 1 heterocycles. The van der Waals surface area contributed by atoms with Crippen LogP contribution in [-0.4, -0.2) is 26.6 Å². The number of aromatic nitrogens is 1. The molecule has 0 aliphatic heterocycles. The second-order valence-corrected chi connectivity index (χ2v) is 7.22. The van der Waals surface area contributed by atoms with Crippen LogP contribution < -0.4 is 14.8 Å². The van der Waals surface area contributed by atoms with E-state index in [-0.39, 0.29) is 16.7 Å². The number of halogens is 1. The Kier molecular flexibility index (Phi) is 5.33. The lowest BCUT2D eigenvalue weighted by Crippen LogP contribution is -2.15. The predicted octanol–water partition coefficient (Wildman–Crippen LogP) is 3.36. The number of rotatable bonds is 6. The van der Waals surface area contributed by atoms with Crippen molar-refractivity contribution < 1.29 is 13.2 Å². The van der Waals surface area contributed by atoms with Gasteiger partial charge in [0.2, 0.25) is 0 Å². The molecule has 0 atom stereocenters. The summed E-state index contributed by atoms with van der Waals surface area (Å²) in [5.74, 6) is 0.885. The number of hydrogen-bond donors (Lipinski definition) is 2. The summed E-state index contributed by atoms with van der Waals surface area (Å²) >= 11 is 5.88. The van der Waals surface area contributed by atoms with Gasteiger partial charge in [-0.2, -0.15) is 0 Å². The van der Waals surface area contributed by atoms with Crippen molar-refractivity contribution in [3.63, 3.8) is 0 Å². The molecular formula is C15H18ClN3O3S. The van der Waals surface area contributed by atoms with Crippen molar-refractivity contribution in [3.8, 4) is 5.75 Å². The van der Waals surface area contributed by atoms with Crippen LogP contribution in [0.15, 0.2) is 41.4 Å². The van der Waals surface area contributed by atoms with Crippen LogP contribution in [0.5, 0.6) is 5.75 Å². The van der Waals surface area contributed by atoms with Gasteiger partial charge in [0.1, 0.15) is 16.5 Å². The molecule has 8 heteroatoms. The van der Waals surface area contributed by atoms with Crippen molar-refractivity contribution in [2.75, 3.05) is 17.1 Å². The fourth-order valence-corrected chi connectivity index (χ4v) is 3.38. The van der Waals surface area contributed by atoms with E-state index in [9.17, 15) is 8.42 Å². The molecule has 0 aliphatic carbocycles. The smallest absolute Gasteiger partial charge is 0.265 e. The number of nitrogens with zero attached hydrogens (tertiary/aromatic N) is 1. The zero-order chi connectivity index (χ0) is 17.0. The molecule has 23 heavy (non-hydrogen) atoms. The SMILES string of the molecule is COc1ccc(Cl)cc1S(=O)(=O)Nc1ccc(NC(C)C)nc1. The topological polar surface area (TPSA) is 80.3 Å². The number of ether oxygens (including phenoxy) is 1. The fourth-order valence-electron chi connectivity index (χ4n) is 1.91. The van der Waals surface area contributed by atoms with Gasteiger partial charge in [0, 0.05) is 11.1 Å². The number of anilines is 2. The highest BCUT2D eigenvalue weighted by atomic mass is 35.5. The van der Waals surface area contributed by atoms with E-state index in [0.29, 0.717) is 16.5 Å². The molecule has 2 N–H and O–H groups in total. The molecule has 0 saturated heterocycles. The van der Waals surface area contributed by atoms with Crippen LogP contribution in [0.1, 0.15) is 13.8 Å². The average molecular weight is 356 g/mol. The summed E-state index contributed by atoms with van der Waals surface area (Å²) in [7, 11) is -2.44. The second-order valence-electron chi connectivity index (χ2n) is 5.13. The summed E-state index contributed by atoms with van der Waals surface area (Å²) in [5.41, 5.74) is 0.348. The van der Waals surface area contributed by atoms with Crippen molar-refractivity contribution in [1.29, 1.82) is 0 Å². The van der Waals surface area contributed by atoms with E-state index in [4.69, 9.17) is 16.3 Å².